The Labute approximate surface area is 662 Å². The molecule has 17 heteroatoms. The molecule has 10 nitrogen and oxygen atoms in total. The van der Waals surface area contributed by atoms with Crippen molar-refractivity contribution < 1.29 is 47.4 Å². The van der Waals surface area contributed by atoms with Gasteiger partial charge in [0.2, 0.25) is 5.79 Å². The summed E-state index contributed by atoms with van der Waals surface area (Å²) in [5, 5.41) is 0. The Morgan fingerprint density at radius 2 is 0.346 bits per heavy atom. The van der Waals surface area contributed by atoms with Crippen LogP contribution in [0.5, 0.6) is 0 Å². The van der Waals surface area contributed by atoms with Crippen molar-refractivity contribution in [1.82, 2.24) is 0 Å². The van der Waals surface area contributed by atoms with Crippen LogP contribution in [0.1, 0.15) is 125 Å². The van der Waals surface area contributed by atoms with Gasteiger partial charge in [-0.15, -0.1) is 0 Å². The zero-order chi connectivity index (χ0) is 75.6. The Balaban J connectivity index is 0.000000327. The summed E-state index contributed by atoms with van der Waals surface area (Å²) in [4.78, 5) is 0. The van der Waals surface area contributed by atoms with Crippen molar-refractivity contribution in [3.63, 3.8) is 0 Å². The van der Waals surface area contributed by atoms with Crippen molar-refractivity contribution in [3.8, 4) is 0 Å². The predicted molar refractivity (Wildman–Crippen MR) is 438 cm³/mol. The molecule has 0 unspecified atom stereocenters. The van der Waals surface area contributed by atoms with Crippen LogP contribution in [0.2, 0.25) is 0 Å². The second kappa shape index (κ2) is 32.0. The van der Waals surface area contributed by atoms with Gasteiger partial charge >= 0.3 is 534 Å². The topological polar surface area (TPSA) is 92.3 Å². The Bertz CT molecular complexity index is 4050. The standard InChI is InChI=1S/C72H76GeO8.C18H19BrO2.Cl4Ge/c1-65(2)45-74-69(75-46-65,53-21-13-9-14-22-53)57-29-37-61(38-30-57)73(62-39-31-58(32-40-62)70(54-23-15-10-16-24-54)76-47-66(3,4)48-77-70,63-41-33-59(34-42-63)71(55-25-17-11-18-26-55)78-49-67(5,6)50-79-71)64-43-35-60(36-44-64)72(56-27-19-12-20-28-56)80-51-68(7,8)52-81-72;1-17(2)12-20-18(21-13-17,14-6-4-3-5-7-14)15-8-10-16(19)11-9-15;1-5(2,3)4/h9-44H,45-52H2,1-8H3;3-11H,12-13H2,1-2H3;. The molecule has 0 saturated carbocycles. The van der Waals surface area contributed by atoms with Gasteiger partial charge in [0.15, 0.2) is 0 Å². The van der Waals surface area contributed by atoms with E-state index in [-0.39, 0.29) is 27.1 Å². The van der Waals surface area contributed by atoms with Crippen LogP contribution in [0, 0.1) is 27.1 Å². The third kappa shape index (κ3) is 17.2. The van der Waals surface area contributed by atoms with Gasteiger partial charge in [0, 0.05) is 21.0 Å². The fourth-order valence-electron chi connectivity index (χ4n) is 14.6. The summed E-state index contributed by atoms with van der Waals surface area (Å²) in [6.45, 7) is 27.5. The average molecular weight is 1700 g/mol. The molecule has 5 aliphatic heterocycles. The molecule has 0 aliphatic carbocycles. The molecule has 0 bridgehead atoms. The van der Waals surface area contributed by atoms with Gasteiger partial charge in [-0.3, -0.25) is 0 Å². The van der Waals surface area contributed by atoms with E-state index in [9.17, 15) is 0 Å². The first-order valence-corrected chi connectivity index (χ1v) is 52.6. The van der Waals surface area contributed by atoms with E-state index in [1.807, 2.05) is 54.6 Å². The number of rotatable bonds is 14. The van der Waals surface area contributed by atoms with Gasteiger partial charge < -0.3 is 9.47 Å². The summed E-state index contributed by atoms with van der Waals surface area (Å²) in [6.07, 6.45) is 0. The Hall–Kier alpha value is -5.47. The Morgan fingerprint density at radius 1 is 0.215 bits per heavy atom. The molecule has 10 aromatic carbocycles. The molecule has 0 amide bonds. The Kier molecular flexibility index (Phi) is 23.8. The summed E-state index contributed by atoms with van der Waals surface area (Å²) >= 11 is -0.803. The van der Waals surface area contributed by atoms with Gasteiger partial charge in [-0.2, -0.15) is 0 Å². The minimum atomic E-state index is -4.28. The summed E-state index contributed by atoms with van der Waals surface area (Å²) in [5.74, 6) is -5.21. The van der Waals surface area contributed by atoms with Crippen LogP contribution in [-0.4, -0.2) is 88.9 Å². The van der Waals surface area contributed by atoms with Crippen LogP contribution in [0.15, 0.2) is 277 Å². The van der Waals surface area contributed by atoms with Crippen molar-refractivity contribution in [2.45, 2.75) is 98.2 Å². The second-order valence-electron chi connectivity index (χ2n) is 32.6. The fraction of sp³-hybridized carbons (Fsp3) is 0.333. The number of hydrogen-bond acceptors (Lipinski definition) is 10. The van der Waals surface area contributed by atoms with Crippen molar-refractivity contribution >= 4 is 96.4 Å². The van der Waals surface area contributed by atoms with Gasteiger partial charge in [-0.25, -0.2) is 0 Å². The van der Waals surface area contributed by atoms with Gasteiger partial charge in [0.25, 0.3) is 0 Å². The molecule has 558 valence electrons. The van der Waals surface area contributed by atoms with Crippen LogP contribution in [0.4, 0.5) is 0 Å². The minimum absolute atomic E-state index is 0.0354. The molecule has 0 radical (unpaired) electrons. The zero-order valence-corrected chi connectivity index (χ0v) is 71.3. The molecule has 15 rings (SSSR count). The first kappa shape index (κ1) is 79.6. The van der Waals surface area contributed by atoms with Gasteiger partial charge in [0.05, 0.1) is 13.2 Å². The third-order valence-electron chi connectivity index (χ3n) is 20.4. The average Bonchev–Trinajstić information content (AvgIpc) is 0.716. The molecule has 5 saturated heterocycles. The maximum absolute atomic E-state index is 6.94. The summed E-state index contributed by atoms with van der Waals surface area (Å²) < 4.78 is 74.0. The molecule has 0 spiro atoms. The molecule has 107 heavy (non-hydrogen) atoms. The van der Waals surface area contributed by atoms with Crippen LogP contribution >= 0.6 is 56.0 Å². The van der Waals surface area contributed by atoms with Gasteiger partial charge in [-0.1, -0.05) is 72.2 Å². The molecule has 10 aromatic rings. The SMILES string of the molecule is CC1(C)COC(c2ccccc2)(c2cc[c]([Ge]([c]3ccc(C4(c5ccccc5)OCC(C)(C)CO4)cc3)([c]3ccc(C4(c5ccccc5)OCC(C)(C)CO4)cc3)[c]3ccc(C4(c5ccccc5)OCC(C)(C)CO4)cc3)cc2)OC1.CC1(C)COC(c2ccccc2)(c2ccc(Br)cc2)OC1.[Cl][Ge]([Cl])([Cl])[Cl]. The van der Waals surface area contributed by atoms with E-state index in [0.717, 1.165) is 60.1 Å². The van der Waals surface area contributed by atoms with Gasteiger partial charge in [0.1, 0.15) is 0 Å². The Morgan fingerprint density at radius 3 is 0.495 bits per heavy atom. The number of hydrogen-bond donors (Lipinski definition) is 0. The number of ether oxygens (including phenoxy) is 10. The molecule has 5 heterocycles. The monoisotopic (exact) mass is 1700 g/mol. The number of halogens is 5. The third-order valence-corrected chi connectivity index (χ3v) is 31.0. The summed E-state index contributed by atoms with van der Waals surface area (Å²) in [7, 11) is 16.9. The van der Waals surface area contributed by atoms with Crippen molar-refractivity contribution in [2.24, 2.45) is 27.1 Å². The van der Waals surface area contributed by atoms with Crippen molar-refractivity contribution in [3.05, 3.63) is 333 Å². The van der Waals surface area contributed by atoms with Gasteiger partial charge in [-0.05, 0) is 12.1 Å². The first-order valence-electron chi connectivity index (χ1n) is 36.6. The van der Waals surface area contributed by atoms with E-state index in [2.05, 4.69) is 304 Å². The van der Waals surface area contributed by atoms with E-state index in [1.165, 1.54) is 17.6 Å². The fourth-order valence-corrected chi connectivity index (χ4v) is 24.7. The molecule has 5 fully saturated rings. The molecule has 0 atom stereocenters. The zero-order valence-electron chi connectivity index (χ0n) is 62.5. The van der Waals surface area contributed by atoms with Crippen LogP contribution in [0.3, 0.4) is 0 Å². The summed E-state index contributed by atoms with van der Waals surface area (Å²) in [6, 6.07) is 96.3. The second-order valence-corrected chi connectivity index (χ2v) is 61.1. The predicted octanol–water partition coefficient (Wildman–Crippen LogP) is 19.3. The molecule has 0 aromatic heterocycles. The van der Waals surface area contributed by atoms with E-state index in [1.54, 1.807) is 0 Å². The quantitative estimate of drug-likeness (QED) is 0.0980. The van der Waals surface area contributed by atoms with Crippen LogP contribution in [0.25, 0.3) is 0 Å². The van der Waals surface area contributed by atoms with Crippen LogP contribution < -0.4 is 17.6 Å². The molecule has 0 N–H and O–H groups in total. The molecular weight excluding hydrogens is 1610 g/mol. The van der Waals surface area contributed by atoms with Crippen LogP contribution in [-0.2, 0) is 76.3 Å². The van der Waals surface area contributed by atoms with Crippen molar-refractivity contribution in [2.75, 3.05) is 66.1 Å². The maximum atomic E-state index is 6.94. The van der Waals surface area contributed by atoms with E-state index < -0.39 is 51.8 Å². The van der Waals surface area contributed by atoms with Crippen molar-refractivity contribution in [1.29, 1.82) is 0 Å². The van der Waals surface area contributed by atoms with E-state index in [0.29, 0.717) is 66.1 Å². The normalized spacial score (nSPS) is 20.7. The molecular formula is C90H95BrCl4Ge2O10. The number of benzene rings is 10. The van der Waals surface area contributed by atoms with E-state index in [4.69, 9.17) is 87.4 Å². The first-order chi connectivity index (χ1) is 50.9. The van der Waals surface area contributed by atoms with E-state index >= 15 is 0 Å². The molecule has 5 aliphatic rings. The summed E-state index contributed by atoms with van der Waals surface area (Å²) in [5.41, 5.74) is 9.04.